The van der Waals surface area contributed by atoms with Crippen LogP contribution in [0, 0.1) is 0 Å². The standard InChI is InChI=1S/C10H13ClOS/c1-10(2,13)8-6-7(11)4-5-9(8)12-3/h4-6,13H,1-3H3. The molecule has 0 aromatic heterocycles. The minimum absolute atomic E-state index is 0.240. The minimum Gasteiger partial charge on any atom is -0.496 e. The fraction of sp³-hybridized carbons (Fsp3) is 0.400. The molecule has 0 saturated heterocycles. The Labute approximate surface area is 89.5 Å². The summed E-state index contributed by atoms with van der Waals surface area (Å²) in [4.78, 5) is 0. The lowest BCUT2D eigenvalue weighted by Crippen LogP contribution is -2.09. The first-order valence-electron chi connectivity index (χ1n) is 4.01. The number of ether oxygens (including phenoxy) is 1. The highest BCUT2D eigenvalue weighted by Gasteiger charge is 2.19. The molecule has 0 unspecified atom stereocenters. The van der Waals surface area contributed by atoms with E-state index in [1.54, 1.807) is 7.11 Å². The molecular formula is C10H13ClOS. The van der Waals surface area contributed by atoms with Gasteiger partial charge in [0, 0.05) is 15.3 Å². The minimum atomic E-state index is -0.240. The van der Waals surface area contributed by atoms with Gasteiger partial charge in [-0.2, -0.15) is 12.6 Å². The molecule has 0 amide bonds. The monoisotopic (exact) mass is 216 g/mol. The largest absolute Gasteiger partial charge is 0.496 e. The van der Waals surface area contributed by atoms with Crippen molar-refractivity contribution in [2.75, 3.05) is 7.11 Å². The normalized spacial score (nSPS) is 11.5. The third kappa shape index (κ3) is 2.55. The molecule has 0 bridgehead atoms. The molecule has 1 rings (SSSR count). The number of benzene rings is 1. The molecule has 1 nitrogen and oxygen atoms in total. The molecule has 0 aliphatic carbocycles. The summed E-state index contributed by atoms with van der Waals surface area (Å²) < 4.78 is 4.98. The van der Waals surface area contributed by atoms with Gasteiger partial charge in [0.05, 0.1) is 7.11 Å². The third-order valence-corrected chi connectivity index (χ3v) is 2.30. The summed E-state index contributed by atoms with van der Waals surface area (Å²) in [6.45, 7) is 4.01. The Balaban J connectivity index is 3.24. The van der Waals surface area contributed by atoms with E-state index in [0.29, 0.717) is 5.02 Å². The predicted molar refractivity (Wildman–Crippen MR) is 60.0 cm³/mol. The van der Waals surface area contributed by atoms with Gasteiger partial charge in [-0.1, -0.05) is 11.6 Å². The number of thiol groups is 1. The lowest BCUT2D eigenvalue weighted by molar-refractivity contribution is 0.406. The first-order chi connectivity index (χ1) is 5.95. The summed E-state index contributed by atoms with van der Waals surface area (Å²) in [6, 6.07) is 5.55. The number of hydrogen-bond acceptors (Lipinski definition) is 2. The van der Waals surface area contributed by atoms with E-state index in [0.717, 1.165) is 11.3 Å². The molecule has 0 aliphatic rings. The Morgan fingerprint density at radius 3 is 2.46 bits per heavy atom. The van der Waals surface area contributed by atoms with Crippen LogP contribution in [0.5, 0.6) is 5.75 Å². The maximum absolute atomic E-state index is 5.89. The van der Waals surface area contributed by atoms with Crippen LogP contribution < -0.4 is 4.74 Å². The number of halogens is 1. The van der Waals surface area contributed by atoms with Gasteiger partial charge in [-0.25, -0.2) is 0 Å². The van der Waals surface area contributed by atoms with Gasteiger partial charge in [-0.05, 0) is 32.0 Å². The van der Waals surface area contributed by atoms with Crippen LogP contribution in [-0.4, -0.2) is 7.11 Å². The van der Waals surface area contributed by atoms with Gasteiger partial charge in [0.1, 0.15) is 5.75 Å². The Morgan fingerprint density at radius 1 is 1.38 bits per heavy atom. The molecule has 1 aromatic carbocycles. The van der Waals surface area contributed by atoms with Crippen molar-refractivity contribution >= 4 is 24.2 Å². The smallest absolute Gasteiger partial charge is 0.123 e. The maximum Gasteiger partial charge on any atom is 0.123 e. The predicted octanol–water partition coefficient (Wildman–Crippen LogP) is 3.51. The molecule has 0 heterocycles. The van der Waals surface area contributed by atoms with Crippen LogP contribution >= 0.6 is 24.2 Å². The second-order valence-electron chi connectivity index (χ2n) is 3.40. The Hall–Kier alpha value is -0.340. The molecule has 3 heteroatoms. The first kappa shape index (κ1) is 10.7. The van der Waals surface area contributed by atoms with Gasteiger partial charge >= 0.3 is 0 Å². The molecule has 13 heavy (non-hydrogen) atoms. The summed E-state index contributed by atoms with van der Waals surface area (Å²) in [5.41, 5.74) is 1.01. The zero-order valence-electron chi connectivity index (χ0n) is 7.97. The van der Waals surface area contributed by atoms with Crippen molar-refractivity contribution in [1.29, 1.82) is 0 Å². The fourth-order valence-corrected chi connectivity index (χ4v) is 1.51. The molecular weight excluding hydrogens is 204 g/mol. The average molecular weight is 217 g/mol. The zero-order chi connectivity index (χ0) is 10.1. The van der Waals surface area contributed by atoms with Crippen molar-refractivity contribution in [2.45, 2.75) is 18.6 Å². The molecule has 72 valence electrons. The van der Waals surface area contributed by atoms with E-state index in [-0.39, 0.29) is 4.75 Å². The van der Waals surface area contributed by atoms with Gasteiger partial charge in [-0.15, -0.1) is 0 Å². The highest BCUT2D eigenvalue weighted by atomic mass is 35.5. The lowest BCUT2D eigenvalue weighted by Gasteiger charge is -2.21. The molecule has 0 radical (unpaired) electrons. The van der Waals surface area contributed by atoms with Crippen LogP contribution in [0.4, 0.5) is 0 Å². The summed E-state index contributed by atoms with van der Waals surface area (Å²) >= 11 is 10.4. The maximum atomic E-state index is 5.89. The van der Waals surface area contributed by atoms with E-state index in [1.165, 1.54) is 0 Å². The van der Waals surface area contributed by atoms with Crippen LogP contribution in [0.15, 0.2) is 18.2 Å². The molecule has 0 spiro atoms. The van der Waals surface area contributed by atoms with Crippen molar-refractivity contribution in [3.63, 3.8) is 0 Å². The van der Waals surface area contributed by atoms with Gasteiger partial charge in [0.15, 0.2) is 0 Å². The van der Waals surface area contributed by atoms with Gasteiger partial charge < -0.3 is 4.74 Å². The van der Waals surface area contributed by atoms with E-state index in [9.17, 15) is 0 Å². The highest BCUT2D eigenvalue weighted by molar-refractivity contribution is 7.81. The summed E-state index contributed by atoms with van der Waals surface area (Å²) in [5.74, 6) is 0.824. The van der Waals surface area contributed by atoms with Crippen LogP contribution in [0.3, 0.4) is 0 Å². The van der Waals surface area contributed by atoms with Crippen LogP contribution in [0.2, 0.25) is 5.02 Å². The van der Waals surface area contributed by atoms with E-state index in [1.807, 2.05) is 32.0 Å². The number of methoxy groups -OCH3 is 1. The molecule has 0 atom stereocenters. The second kappa shape index (κ2) is 3.81. The lowest BCUT2D eigenvalue weighted by atomic mass is 10.0. The summed E-state index contributed by atoms with van der Waals surface area (Å²) in [5, 5.41) is 0.706. The Bertz CT molecular complexity index is 304. The van der Waals surface area contributed by atoms with Crippen LogP contribution in [0.1, 0.15) is 19.4 Å². The van der Waals surface area contributed by atoms with Crippen molar-refractivity contribution < 1.29 is 4.74 Å². The molecule has 1 aromatic rings. The van der Waals surface area contributed by atoms with E-state index in [2.05, 4.69) is 12.6 Å². The second-order valence-corrected chi connectivity index (χ2v) is 4.96. The number of hydrogen-bond donors (Lipinski definition) is 1. The molecule has 0 aliphatic heterocycles. The van der Waals surface area contributed by atoms with E-state index >= 15 is 0 Å². The SMILES string of the molecule is COc1ccc(Cl)cc1C(C)(C)S. The highest BCUT2D eigenvalue weighted by Crippen LogP contribution is 2.35. The van der Waals surface area contributed by atoms with Crippen molar-refractivity contribution in [3.8, 4) is 5.75 Å². The van der Waals surface area contributed by atoms with E-state index in [4.69, 9.17) is 16.3 Å². The van der Waals surface area contributed by atoms with Crippen molar-refractivity contribution in [3.05, 3.63) is 28.8 Å². The first-order valence-corrected chi connectivity index (χ1v) is 4.84. The van der Waals surface area contributed by atoms with Crippen molar-refractivity contribution in [1.82, 2.24) is 0 Å². The van der Waals surface area contributed by atoms with Crippen LogP contribution in [0.25, 0.3) is 0 Å². The summed E-state index contributed by atoms with van der Waals surface area (Å²) in [6.07, 6.45) is 0. The molecule has 0 fully saturated rings. The quantitative estimate of drug-likeness (QED) is 0.745. The van der Waals surface area contributed by atoms with Gasteiger partial charge in [0.2, 0.25) is 0 Å². The fourth-order valence-electron chi connectivity index (χ4n) is 1.16. The third-order valence-electron chi connectivity index (χ3n) is 1.82. The van der Waals surface area contributed by atoms with Gasteiger partial charge in [-0.3, -0.25) is 0 Å². The molecule has 0 N–H and O–H groups in total. The average Bonchev–Trinajstić information content (AvgIpc) is 2.03. The van der Waals surface area contributed by atoms with Crippen molar-refractivity contribution in [2.24, 2.45) is 0 Å². The Kier molecular flexibility index (Phi) is 3.14. The number of rotatable bonds is 2. The molecule has 0 saturated carbocycles. The Morgan fingerprint density at radius 2 is 2.00 bits per heavy atom. The van der Waals surface area contributed by atoms with Crippen LogP contribution in [-0.2, 0) is 4.75 Å². The van der Waals surface area contributed by atoms with Gasteiger partial charge in [0.25, 0.3) is 0 Å². The zero-order valence-corrected chi connectivity index (χ0v) is 9.62. The summed E-state index contributed by atoms with van der Waals surface area (Å²) in [7, 11) is 1.65. The van der Waals surface area contributed by atoms with E-state index < -0.39 is 0 Å². The topological polar surface area (TPSA) is 9.23 Å².